The topological polar surface area (TPSA) is 38.1 Å². The highest BCUT2D eigenvalue weighted by Gasteiger charge is 2.31. The number of halogens is 1. The molecule has 0 bridgehead atoms. The van der Waals surface area contributed by atoms with Crippen LogP contribution in [0.2, 0.25) is 0 Å². The molecule has 2 aromatic rings. The second kappa shape index (κ2) is 5.56. The zero-order valence-corrected chi connectivity index (χ0v) is 13.1. The third-order valence-corrected chi connectivity index (χ3v) is 4.42. The molecule has 1 fully saturated rings. The van der Waals surface area contributed by atoms with Crippen molar-refractivity contribution in [3.8, 4) is 0 Å². The van der Waals surface area contributed by atoms with Crippen molar-refractivity contribution >= 4 is 32.7 Å². The molecule has 0 saturated heterocycles. The van der Waals surface area contributed by atoms with Crippen LogP contribution in [0, 0.1) is 0 Å². The largest absolute Gasteiger partial charge is 0.333 e. The lowest BCUT2D eigenvalue weighted by Crippen LogP contribution is -2.45. The fraction of sp³-hybridized carbons (Fsp3) is 0.467. The van der Waals surface area contributed by atoms with E-state index in [2.05, 4.69) is 21.0 Å². The number of aromatic nitrogens is 2. The fourth-order valence-electron chi connectivity index (χ4n) is 2.75. The smallest absolute Gasteiger partial charge is 0.275 e. The summed E-state index contributed by atoms with van der Waals surface area (Å²) in [6.45, 7) is 0.744. The first-order valence-corrected chi connectivity index (χ1v) is 8.13. The molecule has 1 aliphatic rings. The molecular formula is C15H18BrN3O. The molecule has 0 spiro atoms. The van der Waals surface area contributed by atoms with Crippen LogP contribution < -0.4 is 0 Å². The molecule has 1 aliphatic carbocycles. The van der Waals surface area contributed by atoms with Crippen molar-refractivity contribution < 1.29 is 4.79 Å². The zero-order chi connectivity index (χ0) is 14.1. The number of hydrogen-bond donors (Lipinski definition) is 0. The average molecular weight is 336 g/mol. The summed E-state index contributed by atoms with van der Waals surface area (Å²) in [6, 6.07) is 8.29. The molecule has 1 saturated carbocycles. The fourth-order valence-corrected chi connectivity index (χ4v) is 3.13. The summed E-state index contributed by atoms with van der Waals surface area (Å²) in [6.07, 6.45) is 3.45. The molecule has 0 N–H and O–H groups in total. The van der Waals surface area contributed by atoms with Gasteiger partial charge in [-0.2, -0.15) is 5.10 Å². The van der Waals surface area contributed by atoms with Gasteiger partial charge in [0, 0.05) is 30.4 Å². The summed E-state index contributed by atoms with van der Waals surface area (Å²) in [7, 11) is 1.89. The Morgan fingerprint density at radius 3 is 2.85 bits per heavy atom. The minimum Gasteiger partial charge on any atom is -0.333 e. The Hall–Kier alpha value is -1.36. The third-order valence-electron chi connectivity index (χ3n) is 4.06. The Morgan fingerprint density at radius 1 is 1.45 bits per heavy atom. The molecule has 0 aliphatic heterocycles. The van der Waals surface area contributed by atoms with Gasteiger partial charge < -0.3 is 4.90 Å². The van der Waals surface area contributed by atoms with Gasteiger partial charge in [0.2, 0.25) is 0 Å². The van der Waals surface area contributed by atoms with E-state index in [0.717, 1.165) is 35.6 Å². The monoisotopic (exact) mass is 335 g/mol. The van der Waals surface area contributed by atoms with Crippen LogP contribution in [0.4, 0.5) is 0 Å². The second-order valence-electron chi connectivity index (χ2n) is 5.26. The lowest BCUT2D eigenvalue weighted by Gasteiger charge is -2.37. The van der Waals surface area contributed by atoms with E-state index >= 15 is 0 Å². The number of nitrogens with zero attached hydrogens (tertiary/aromatic N) is 3. The van der Waals surface area contributed by atoms with Crippen molar-refractivity contribution in [2.24, 2.45) is 7.05 Å². The minimum absolute atomic E-state index is 0.0611. The number of fused-ring (bicyclic) bond motifs is 1. The highest BCUT2D eigenvalue weighted by molar-refractivity contribution is 9.09. The molecule has 106 valence electrons. The van der Waals surface area contributed by atoms with Crippen LogP contribution in [-0.2, 0) is 7.05 Å². The van der Waals surface area contributed by atoms with E-state index < -0.39 is 0 Å². The summed E-state index contributed by atoms with van der Waals surface area (Å²) < 4.78 is 1.79. The van der Waals surface area contributed by atoms with E-state index in [1.807, 2.05) is 36.2 Å². The predicted molar refractivity (Wildman–Crippen MR) is 83.2 cm³/mol. The molecule has 4 nitrogen and oxygen atoms in total. The standard InChI is InChI=1S/C15H18BrN3O/c1-18-13-8-3-2-7-12(13)14(17-18)15(20)19(10-9-16)11-5-4-6-11/h2-3,7-8,11H,4-6,9-10H2,1H3. The van der Waals surface area contributed by atoms with Crippen molar-refractivity contribution in [2.45, 2.75) is 25.3 Å². The number of carbonyl (C=O) groups excluding carboxylic acids is 1. The Kier molecular flexibility index (Phi) is 3.78. The molecular weight excluding hydrogens is 318 g/mol. The van der Waals surface area contributed by atoms with Crippen molar-refractivity contribution in [1.29, 1.82) is 0 Å². The van der Waals surface area contributed by atoms with Gasteiger partial charge in [-0.1, -0.05) is 34.1 Å². The molecule has 0 unspecified atom stereocenters. The molecule has 3 rings (SSSR count). The van der Waals surface area contributed by atoms with Gasteiger partial charge in [-0.05, 0) is 25.3 Å². The van der Waals surface area contributed by atoms with Crippen LogP contribution in [0.1, 0.15) is 29.8 Å². The normalized spacial score (nSPS) is 15.3. The number of para-hydroxylation sites is 1. The zero-order valence-electron chi connectivity index (χ0n) is 11.6. The molecule has 0 radical (unpaired) electrons. The lowest BCUT2D eigenvalue weighted by atomic mass is 9.91. The van der Waals surface area contributed by atoms with Crippen molar-refractivity contribution in [3.63, 3.8) is 0 Å². The maximum atomic E-state index is 12.8. The van der Waals surface area contributed by atoms with E-state index in [1.54, 1.807) is 4.68 Å². The third kappa shape index (κ3) is 2.24. The van der Waals surface area contributed by atoms with E-state index in [9.17, 15) is 4.79 Å². The Morgan fingerprint density at radius 2 is 2.20 bits per heavy atom. The first-order valence-electron chi connectivity index (χ1n) is 7.01. The first kappa shape index (κ1) is 13.6. The minimum atomic E-state index is 0.0611. The van der Waals surface area contributed by atoms with Crippen LogP contribution >= 0.6 is 15.9 Å². The van der Waals surface area contributed by atoms with Crippen LogP contribution in [0.15, 0.2) is 24.3 Å². The maximum Gasteiger partial charge on any atom is 0.275 e. The van der Waals surface area contributed by atoms with Gasteiger partial charge in [-0.25, -0.2) is 0 Å². The number of aryl methyl sites for hydroxylation is 1. The number of hydrogen-bond acceptors (Lipinski definition) is 2. The molecule has 1 aromatic heterocycles. The first-order chi connectivity index (χ1) is 9.72. The average Bonchev–Trinajstić information content (AvgIpc) is 2.74. The Labute approximate surface area is 126 Å². The van der Waals surface area contributed by atoms with Crippen molar-refractivity contribution in [3.05, 3.63) is 30.0 Å². The highest BCUT2D eigenvalue weighted by atomic mass is 79.9. The molecule has 0 atom stereocenters. The molecule has 1 heterocycles. The highest BCUT2D eigenvalue weighted by Crippen LogP contribution is 2.27. The molecule has 1 amide bonds. The number of rotatable bonds is 4. The van der Waals surface area contributed by atoms with Gasteiger partial charge >= 0.3 is 0 Å². The van der Waals surface area contributed by atoms with Crippen molar-refractivity contribution in [1.82, 2.24) is 14.7 Å². The number of benzene rings is 1. The van der Waals surface area contributed by atoms with Crippen LogP contribution in [0.25, 0.3) is 10.9 Å². The second-order valence-corrected chi connectivity index (χ2v) is 6.05. The van der Waals surface area contributed by atoms with E-state index in [4.69, 9.17) is 0 Å². The Bertz CT molecular complexity index is 633. The van der Waals surface area contributed by atoms with Crippen LogP contribution in [0.3, 0.4) is 0 Å². The summed E-state index contributed by atoms with van der Waals surface area (Å²) in [5, 5.41) is 6.19. The summed E-state index contributed by atoms with van der Waals surface area (Å²) >= 11 is 3.45. The van der Waals surface area contributed by atoms with Gasteiger partial charge in [0.05, 0.1) is 5.52 Å². The summed E-state index contributed by atoms with van der Waals surface area (Å²) in [5.74, 6) is 0.0611. The van der Waals surface area contributed by atoms with Gasteiger partial charge in [-0.15, -0.1) is 0 Å². The maximum absolute atomic E-state index is 12.8. The predicted octanol–water partition coefficient (Wildman–Crippen LogP) is 2.96. The number of alkyl halides is 1. The SMILES string of the molecule is Cn1nc(C(=O)N(CCBr)C2CCC2)c2ccccc21. The van der Waals surface area contributed by atoms with Crippen LogP contribution in [0.5, 0.6) is 0 Å². The van der Waals surface area contributed by atoms with Gasteiger partial charge in [0.1, 0.15) is 0 Å². The van der Waals surface area contributed by atoms with Gasteiger partial charge in [0.25, 0.3) is 5.91 Å². The molecule has 1 aromatic carbocycles. The van der Waals surface area contributed by atoms with Crippen molar-refractivity contribution in [2.75, 3.05) is 11.9 Å². The van der Waals surface area contributed by atoms with E-state index in [-0.39, 0.29) is 5.91 Å². The molecule has 5 heteroatoms. The number of carbonyl (C=O) groups is 1. The van der Waals surface area contributed by atoms with Gasteiger partial charge in [0.15, 0.2) is 5.69 Å². The van der Waals surface area contributed by atoms with Crippen LogP contribution in [-0.4, -0.2) is 38.5 Å². The Balaban J connectivity index is 1.98. The quantitative estimate of drug-likeness (QED) is 0.805. The lowest BCUT2D eigenvalue weighted by molar-refractivity contribution is 0.0594. The van der Waals surface area contributed by atoms with Gasteiger partial charge in [-0.3, -0.25) is 9.48 Å². The summed E-state index contributed by atoms with van der Waals surface area (Å²) in [5.41, 5.74) is 1.58. The molecule has 20 heavy (non-hydrogen) atoms. The summed E-state index contributed by atoms with van der Waals surface area (Å²) in [4.78, 5) is 14.8. The van der Waals surface area contributed by atoms with E-state index in [0.29, 0.717) is 11.7 Å². The van der Waals surface area contributed by atoms with E-state index in [1.165, 1.54) is 6.42 Å². The number of amides is 1.